The van der Waals surface area contributed by atoms with Crippen LogP contribution in [-0.2, 0) is 11.2 Å². The number of amides is 1. The average molecular weight is 339 g/mol. The highest BCUT2D eigenvalue weighted by molar-refractivity contribution is 9.10. The Labute approximate surface area is 129 Å². The van der Waals surface area contributed by atoms with Gasteiger partial charge in [0.15, 0.2) is 0 Å². The van der Waals surface area contributed by atoms with Crippen LogP contribution < -0.4 is 5.32 Å². The van der Waals surface area contributed by atoms with E-state index in [1.165, 1.54) is 17.5 Å². The summed E-state index contributed by atoms with van der Waals surface area (Å²) in [6.07, 6.45) is 4.21. The molecule has 0 aliphatic carbocycles. The fourth-order valence-electron chi connectivity index (χ4n) is 2.64. The van der Waals surface area contributed by atoms with Gasteiger partial charge in [-0.2, -0.15) is 0 Å². The molecule has 1 aromatic carbocycles. The number of nitrogens with zero attached hydrogens (tertiary/aromatic N) is 1. The van der Waals surface area contributed by atoms with Crippen molar-refractivity contribution < 1.29 is 4.79 Å². The molecule has 1 saturated heterocycles. The highest BCUT2D eigenvalue weighted by atomic mass is 79.9. The van der Waals surface area contributed by atoms with Crippen molar-refractivity contribution in [2.75, 3.05) is 20.1 Å². The molecule has 1 N–H and O–H groups in total. The molecule has 0 aromatic heterocycles. The first-order chi connectivity index (χ1) is 9.58. The van der Waals surface area contributed by atoms with Gasteiger partial charge in [-0.05, 0) is 56.0 Å². The van der Waals surface area contributed by atoms with Gasteiger partial charge in [0.05, 0.1) is 6.04 Å². The highest BCUT2D eigenvalue weighted by Gasteiger charge is 2.23. The molecule has 0 radical (unpaired) electrons. The predicted molar refractivity (Wildman–Crippen MR) is 85.9 cm³/mol. The number of carbonyl (C=O) groups is 1. The van der Waals surface area contributed by atoms with E-state index in [1.807, 2.05) is 11.9 Å². The van der Waals surface area contributed by atoms with Gasteiger partial charge in [-0.1, -0.05) is 28.4 Å². The Morgan fingerprint density at radius 1 is 1.45 bits per heavy atom. The minimum Gasteiger partial charge on any atom is -0.344 e. The lowest BCUT2D eigenvalue weighted by molar-refractivity contribution is -0.132. The molecule has 3 nitrogen and oxygen atoms in total. The SMILES string of the molecule is Cc1ccc(Br)cc1CCN(C)C(=O)C1CCCCN1. The van der Waals surface area contributed by atoms with Gasteiger partial charge in [0.2, 0.25) is 5.91 Å². The van der Waals surface area contributed by atoms with Gasteiger partial charge >= 0.3 is 0 Å². The molecule has 1 aliphatic heterocycles. The Kier molecular flexibility index (Phi) is 5.61. The maximum absolute atomic E-state index is 12.3. The number of rotatable bonds is 4. The summed E-state index contributed by atoms with van der Waals surface area (Å²) in [7, 11) is 1.91. The zero-order chi connectivity index (χ0) is 14.5. The third kappa shape index (κ3) is 4.06. The van der Waals surface area contributed by atoms with Crippen LogP contribution in [0.25, 0.3) is 0 Å². The van der Waals surface area contributed by atoms with Crippen molar-refractivity contribution in [1.82, 2.24) is 10.2 Å². The number of aryl methyl sites for hydroxylation is 1. The van der Waals surface area contributed by atoms with Crippen LogP contribution in [0.1, 0.15) is 30.4 Å². The van der Waals surface area contributed by atoms with Gasteiger partial charge < -0.3 is 10.2 Å². The molecule has 110 valence electrons. The Morgan fingerprint density at radius 2 is 2.25 bits per heavy atom. The van der Waals surface area contributed by atoms with E-state index in [9.17, 15) is 4.79 Å². The molecule has 1 aromatic rings. The first kappa shape index (κ1) is 15.5. The number of hydrogen-bond donors (Lipinski definition) is 1. The second-order valence-electron chi connectivity index (χ2n) is 5.58. The Morgan fingerprint density at radius 3 is 2.95 bits per heavy atom. The van der Waals surface area contributed by atoms with Crippen molar-refractivity contribution in [1.29, 1.82) is 0 Å². The Hall–Kier alpha value is -0.870. The summed E-state index contributed by atoms with van der Waals surface area (Å²) in [5.41, 5.74) is 2.58. The van der Waals surface area contributed by atoms with E-state index in [0.29, 0.717) is 0 Å². The van der Waals surface area contributed by atoms with Crippen molar-refractivity contribution in [3.8, 4) is 0 Å². The standard InChI is InChI=1S/C16H23BrN2O/c1-12-6-7-14(17)11-13(12)8-10-19(2)16(20)15-5-3-4-9-18-15/h6-7,11,15,18H,3-5,8-10H2,1-2H3. The molecule has 1 atom stereocenters. The monoisotopic (exact) mass is 338 g/mol. The summed E-state index contributed by atoms with van der Waals surface area (Å²) in [5.74, 6) is 0.234. The smallest absolute Gasteiger partial charge is 0.239 e. The highest BCUT2D eigenvalue weighted by Crippen LogP contribution is 2.17. The topological polar surface area (TPSA) is 32.3 Å². The van der Waals surface area contributed by atoms with Gasteiger partial charge in [-0.25, -0.2) is 0 Å². The fraction of sp³-hybridized carbons (Fsp3) is 0.562. The molecule has 0 spiro atoms. The van der Waals surface area contributed by atoms with Crippen LogP contribution in [0.5, 0.6) is 0 Å². The molecule has 4 heteroatoms. The largest absolute Gasteiger partial charge is 0.344 e. The summed E-state index contributed by atoms with van der Waals surface area (Å²) < 4.78 is 1.10. The molecule has 2 rings (SSSR count). The van der Waals surface area contributed by atoms with E-state index in [4.69, 9.17) is 0 Å². The molecule has 0 bridgehead atoms. The van der Waals surface area contributed by atoms with Crippen LogP contribution in [0.3, 0.4) is 0 Å². The van der Waals surface area contributed by atoms with E-state index in [2.05, 4.69) is 46.4 Å². The molecule has 0 saturated carbocycles. The van der Waals surface area contributed by atoms with Crippen LogP contribution in [0.4, 0.5) is 0 Å². The molecule has 20 heavy (non-hydrogen) atoms. The van der Waals surface area contributed by atoms with Gasteiger partial charge in [-0.15, -0.1) is 0 Å². The maximum Gasteiger partial charge on any atom is 0.239 e. The summed E-state index contributed by atoms with van der Waals surface area (Å²) in [5, 5.41) is 3.32. The second-order valence-corrected chi connectivity index (χ2v) is 6.50. The number of nitrogens with one attached hydrogen (secondary N) is 1. The third-order valence-electron chi connectivity index (χ3n) is 4.01. The number of benzene rings is 1. The zero-order valence-electron chi connectivity index (χ0n) is 12.3. The molecular weight excluding hydrogens is 316 g/mol. The lowest BCUT2D eigenvalue weighted by atomic mass is 10.0. The van der Waals surface area contributed by atoms with Crippen molar-refractivity contribution in [2.24, 2.45) is 0 Å². The minimum absolute atomic E-state index is 0.0253. The lowest BCUT2D eigenvalue weighted by Crippen LogP contribution is -2.47. The zero-order valence-corrected chi connectivity index (χ0v) is 13.9. The van der Waals surface area contributed by atoms with Gasteiger partial charge in [0.1, 0.15) is 0 Å². The average Bonchev–Trinajstić information content (AvgIpc) is 2.48. The minimum atomic E-state index is 0.0253. The first-order valence-corrected chi connectivity index (χ1v) is 8.10. The van der Waals surface area contributed by atoms with Crippen molar-refractivity contribution in [3.63, 3.8) is 0 Å². The normalized spacial score (nSPS) is 18.9. The van der Waals surface area contributed by atoms with Gasteiger partial charge in [0, 0.05) is 18.1 Å². The van der Waals surface area contributed by atoms with Crippen LogP contribution >= 0.6 is 15.9 Å². The van der Waals surface area contributed by atoms with Crippen molar-refractivity contribution in [3.05, 3.63) is 33.8 Å². The maximum atomic E-state index is 12.3. The Bertz CT molecular complexity index is 470. The quantitative estimate of drug-likeness (QED) is 0.915. The molecule has 1 amide bonds. The van der Waals surface area contributed by atoms with Crippen LogP contribution in [0, 0.1) is 6.92 Å². The van der Waals surface area contributed by atoms with E-state index < -0.39 is 0 Å². The number of halogens is 1. The third-order valence-corrected chi connectivity index (χ3v) is 4.51. The van der Waals surface area contributed by atoms with Crippen LogP contribution in [-0.4, -0.2) is 37.0 Å². The fourth-order valence-corrected chi connectivity index (χ4v) is 3.04. The second kappa shape index (κ2) is 7.23. The summed E-state index contributed by atoms with van der Waals surface area (Å²) >= 11 is 3.50. The van der Waals surface area contributed by atoms with Crippen molar-refractivity contribution >= 4 is 21.8 Å². The molecular formula is C16H23BrN2O. The van der Waals surface area contributed by atoms with E-state index >= 15 is 0 Å². The molecule has 1 unspecified atom stereocenters. The number of likely N-dealkylation sites (N-methyl/N-ethyl adjacent to an activating group) is 1. The number of carbonyl (C=O) groups excluding carboxylic acids is 1. The van der Waals surface area contributed by atoms with Crippen LogP contribution in [0.15, 0.2) is 22.7 Å². The molecule has 1 heterocycles. The Balaban J connectivity index is 1.89. The predicted octanol–water partition coefficient (Wildman–Crippen LogP) is 2.90. The van der Waals surface area contributed by atoms with E-state index in [1.54, 1.807) is 0 Å². The molecule has 1 aliphatic rings. The van der Waals surface area contributed by atoms with Crippen molar-refractivity contribution in [2.45, 2.75) is 38.6 Å². The number of hydrogen-bond acceptors (Lipinski definition) is 2. The molecule has 1 fully saturated rings. The van der Waals surface area contributed by atoms with E-state index in [0.717, 1.165) is 36.8 Å². The van der Waals surface area contributed by atoms with Gasteiger partial charge in [0.25, 0.3) is 0 Å². The summed E-state index contributed by atoms with van der Waals surface area (Å²) in [6, 6.07) is 6.34. The first-order valence-electron chi connectivity index (χ1n) is 7.31. The summed E-state index contributed by atoms with van der Waals surface area (Å²) in [4.78, 5) is 14.2. The summed E-state index contributed by atoms with van der Waals surface area (Å²) in [6.45, 7) is 3.86. The lowest BCUT2D eigenvalue weighted by Gasteiger charge is -2.27. The van der Waals surface area contributed by atoms with Crippen LogP contribution in [0.2, 0.25) is 0 Å². The van der Waals surface area contributed by atoms with Gasteiger partial charge in [-0.3, -0.25) is 4.79 Å². The van der Waals surface area contributed by atoms with E-state index in [-0.39, 0.29) is 11.9 Å². The number of piperidine rings is 1.